The molecule has 0 bridgehead atoms. The highest BCUT2D eigenvalue weighted by Gasteiger charge is 2.40. The van der Waals surface area contributed by atoms with Gasteiger partial charge in [-0.15, -0.1) is 0 Å². The van der Waals surface area contributed by atoms with Crippen LogP contribution in [0.4, 0.5) is 5.69 Å². The van der Waals surface area contributed by atoms with E-state index in [9.17, 15) is 9.59 Å². The zero-order chi connectivity index (χ0) is 20.3. The first-order chi connectivity index (χ1) is 13.3. The number of benzene rings is 2. The van der Waals surface area contributed by atoms with Crippen molar-refractivity contribution in [2.45, 2.75) is 40.3 Å². The molecule has 0 radical (unpaired) electrons. The number of ether oxygens (including phenoxy) is 2. The highest BCUT2D eigenvalue weighted by Crippen LogP contribution is 2.35. The summed E-state index contributed by atoms with van der Waals surface area (Å²) in [5, 5.41) is 2.83. The molecule has 1 aliphatic heterocycles. The Kier molecular flexibility index (Phi) is 5.58. The van der Waals surface area contributed by atoms with Crippen LogP contribution in [-0.2, 0) is 16.1 Å². The van der Waals surface area contributed by atoms with Crippen molar-refractivity contribution in [1.82, 2.24) is 4.90 Å². The Balaban J connectivity index is 1.75. The number of nitrogens with zero attached hydrogens (tertiary/aromatic N) is 1. The molecule has 2 amide bonds. The van der Waals surface area contributed by atoms with Gasteiger partial charge in [0.2, 0.25) is 18.6 Å². The van der Waals surface area contributed by atoms with Crippen LogP contribution in [0.25, 0.3) is 0 Å². The van der Waals surface area contributed by atoms with E-state index in [0.29, 0.717) is 23.7 Å². The smallest absolute Gasteiger partial charge is 0.239 e. The van der Waals surface area contributed by atoms with E-state index in [4.69, 9.17) is 9.47 Å². The maximum absolute atomic E-state index is 13.3. The fraction of sp³-hybridized carbons (Fsp3) is 0.364. The molecule has 2 aromatic carbocycles. The molecule has 0 saturated carbocycles. The minimum absolute atomic E-state index is 0.0367. The van der Waals surface area contributed by atoms with Crippen LogP contribution in [0.2, 0.25) is 0 Å². The predicted molar refractivity (Wildman–Crippen MR) is 107 cm³/mol. The number of fused-ring (bicyclic) bond motifs is 1. The highest BCUT2D eigenvalue weighted by atomic mass is 16.7. The molecule has 1 aliphatic rings. The van der Waals surface area contributed by atoms with Gasteiger partial charge in [-0.1, -0.05) is 30.3 Å². The number of rotatable bonds is 6. The topological polar surface area (TPSA) is 67.9 Å². The summed E-state index contributed by atoms with van der Waals surface area (Å²) in [6.45, 7) is 7.83. The number of anilines is 1. The Morgan fingerprint density at radius 1 is 1.07 bits per heavy atom. The van der Waals surface area contributed by atoms with Gasteiger partial charge in [-0.2, -0.15) is 0 Å². The van der Waals surface area contributed by atoms with Crippen molar-refractivity contribution in [3.8, 4) is 11.5 Å². The third-order valence-electron chi connectivity index (χ3n) is 4.81. The largest absolute Gasteiger partial charge is 0.454 e. The van der Waals surface area contributed by atoms with Gasteiger partial charge in [-0.05, 0) is 45.4 Å². The number of carbonyl (C=O) groups is 2. The Morgan fingerprint density at radius 3 is 2.43 bits per heavy atom. The summed E-state index contributed by atoms with van der Waals surface area (Å²) in [7, 11) is 0. The van der Waals surface area contributed by atoms with Crippen LogP contribution in [-0.4, -0.2) is 29.5 Å². The number of hydrogen-bond acceptors (Lipinski definition) is 4. The summed E-state index contributed by atoms with van der Waals surface area (Å²) in [6, 6.07) is 14.9. The predicted octanol–water partition coefficient (Wildman–Crippen LogP) is 3.82. The molecule has 6 heteroatoms. The average molecular weight is 382 g/mol. The lowest BCUT2D eigenvalue weighted by Crippen LogP contribution is -2.49. The zero-order valence-corrected chi connectivity index (χ0v) is 16.7. The molecule has 148 valence electrons. The van der Waals surface area contributed by atoms with Gasteiger partial charge in [0.25, 0.3) is 0 Å². The van der Waals surface area contributed by atoms with E-state index >= 15 is 0 Å². The third kappa shape index (κ3) is 4.11. The molecule has 1 N–H and O–H groups in total. The van der Waals surface area contributed by atoms with Crippen molar-refractivity contribution < 1.29 is 19.1 Å². The molecule has 0 atom stereocenters. The summed E-state index contributed by atoms with van der Waals surface area (Å²) >= 11 is 0. The van der Waals surface area contributed by atoms with Gasteiger partial charge in [0.05, 0.1) is 0 Å². The maximum Gasteiger partial charge on any atom is 0.239 e. The summed E-state index contributed by atoms with van der Waals surface area (Å²) in [4.78, 5) is 27.9. The zero-order valence-electron chi connectivity index (χ0n) is 16.7. The summed E-state index contributed by atoms with van der Waals surface area (Å²) in [6.07, 6.45) is 0. The first-order valence-corrected chi connectivity index (χ1v) is 9.35. The summed E-state index contributed by atoms with van der Waals surface area (Å²) in [5.74, 6) is 0.636. The second kappa shape index (κ2) is 7.92. The summed E-state index contributed by atoms with van der Waals surface area (Å²) in [5.41, 5.74) is 0.362. The maximum atomic E-state index is 13.3. The average Bonchev–Trinajstić information content (AvgIpc) is 3.14. The van der Waals surface area contributed by atoms with Crippen molar-refractivity contribution in [1.29, 1.82) is 0 Å². The molecule has 0 fully saturated rings. The van der Waals surface area contributed by atoms with Gasteiger partial charge in [0.15, 0.2) is 11.5 Å². The molecule has 3 rings (SSSR count). The van der Waals surface area contributed by atoms with Crippen molar-refractivity contribution in [2.24, 2.45) is 5.41 Å². The van der Waals surface area contributed by atoms with Crippen LogP contribution < -0.4 is 14.8 Å². The fourth-order valence-corrected chi connectivity index (χ4v) is 2.99. The van der Waals surface area contributed by atoms with Crippen molar-refractivity contribution in [2.75, 3.05) is 12.1 Å². The normalized spacial score (nSPS) is 12.8. The van der Waals surface area contributed by atoms with Gasteiger partial charge in [-0.25, -0.2) is 0 Å². The molecular formula is C22H26N2O4. The van der Waals surface area contributed by atoms with Crippen molar-refractivity contribution in [3.05, 3.63) is 54.1 Å². The van der Waals surface area contributed by atoms with Crippen molar-refractivity contribution in [3.63, 3.8) is 0 Å². The van der Waals surface area contributed by atoms with Crippen molar-refractivity contribution >= 4 is 17.5 Å². The van der Waals surface area contributed by atoms with Gasteiger partial charge < -0.3 is 19.7 Å². The Labute approximate surface area is 165 Å². The minimum atomic E-state index is -1.23. The van der Waals surface area contributed by atoms with E-state index < -0.39 is 5.41 Å². The van der Waals surface area contributed by atoms with E-state index in [0.717, 1.165) is 5.56 Å². The van der Waals surface area contributed by atoms with E-state index in [2.05, 4.69) is 5.32 Å². The van der Waals surface area contributed by atoms with E-state index in [1.807, 2.05) is 44.2 Å². The lowest BCUT2D eigenvalue weighted by Gasteiger charge is -2.34. The van der Waals surface area contributed by atoms with Gasteiger partial charge in [0.1, 0.15) is 5.41 Å². The lowest BCUT2D eigenvalue weighted by molar-refractivity contribution is -0.148. The van der Waals surface area contributed by atoms with Crippen LogP contribution in [0.3, 0.4) is 0 Å². The lowest BCUT2D eigenvalue weighted by atomic mass is 9.89. The number of hydrogen-bond donors (Lipinski definition) is 1. The van der Waals surface area contributed by atoms with E-state index in [1.165, 1.54) is 0 Å². The molecule has 2 aromatic rings. The molecular weight excluding hydrogens is 356 g/mol. The Morgan fingerprint density at radius 2 is 1.75 bits per heavy atom. The SMILES string of the molecule is CC(C)N(Cc1ccccc1)C(=O)C(C)(C)C(=O)Nc1ccc2c(c1)OCO2. The van der Waals surface area contributed by atoms with E-state index in [1.54, 1.807) is 36.9 Å². The molecule has 1 heterocycles. The first kappa shape index (κ1) is 19.7. The van der Waals surface area contributed by atoms with Crippen LogP contribution >= 0.6 is 0 Å². The monoisotopic (exact) mass is 382 g/mol. The molecule has 0 aliphatic carbocycles. The molecule has 0 unspecified atom stereocenters. The quantitative estimate of drug-likeness (QED) is 0.772. The van der Waals surface area contributed by atoms with Gasteiger partial charge in [0, 0.05) is 24.3 Å². The van der Waals surface area contributed by atoms with Crippen LogP contribution in [0, 0.1) is 5.41 Å². The number of nitrogens with one attached hydrogen (secondary N) is 1. The van der Waals surface area contributed by atoms with Crippen LogP contribution in [0.15, 0.2) is 48.5 Å². The highest BCUT2D eigenvalue weighted by molar-refractivity contribution is 6.10. The van der Waals surface area contributed by atoms with Gasteiger partial charge >= 0.3 is 0 Å². The molecule has 6 nitrogen and oxygen atoms in total. The summed E-state index contributed by atoms with van der Waals surface area (Å²) < 4.78 is 10.6. The Hall–Kier alpha value is -3.02. The fourth-order valence-electron chi connectivity index (χ4n) is 2.99. The number of carbonyl (C=O) groups excluding carboxylic acids is 2. The standard InChI is InChI=1S/C22H26N2O4/c1-15(2)24(13-16-8-6-5-7-9-16)21(26)22(3,4)20(25)23-17-10-11-18-19(12-17)28-14-27-18/h5-12,15H,13-14H2,1-4H3,(H,23,25). The third-order valence-corrected chi connectivity index (χ3v) is 4.81. The molecule has 0 saturated heterocycles. The second-order valence-corrected chi connectivity index (χ2v) is 7.66. The minimum Gasteiger partial charge on any atom is -0.454 e. The van der Waals surface area contributed by atoms with Crippen LogP contribution in [0.1, 0.15) is 33.3 Å². The van der Waals surface area contributed by atoms with Gasteiger partial charge in [-0.3, -0.25) is 9.59 Å². The number of amides is 2. The second-order valence-electron chi connectivity index (χ2n) is 7.66. The van der Waals surface area contributed by atoms with E-state index in [-0.39, 0.29) is 24.6 Å². The molecule has 0 aromatic heterocycles. The van der Waals surface area contributed by atoms with Crippen LogP contribution in [0.5, 0.6) is 11.5 Å². The Bertz CT molecular complexity index is 862. The first-order valence-electron chi connectivity index (χ1n) is 9.35. The molecule has 0 spiro atoms. The molecule has 28 heavy (non-hydrogen) atoms.